The summed E-state index contributed by atoms with van der Waals surface area (Å²) in [5.41, 5.74) is 5.22. The molecule has 1 aliphatic carbocycles. The van der Waals surface area contributed by atoms with Crippen molar-refractivity contribution in [2.75, 3.05) is 0 Å². The smallest absolute Gasteiger partial charge is 0.251 e. The lowest BCUT2D eigenvalue weighted by atomic mass is 9.81. The largest absolute Gasteiger partial charge is 0.294 e. The van der Waals surface area contributed by atoms with Crippen molar-refractivity contribution in [3.05, 3.63) is 69.3 Å². The molecule has 2 heterocycles. The highest BCUT2D eigenvalue weighted by atomic mass is 35.5. The summed E-state index contributed by atoms with van der Waals surface area (Å²) in [5, 5.41) is 5.28. The van der Waals surface area contributed by atoms with Gasteiger partial charge < -0.3 is 0 Å². The number of aromatic nitrogens is 4. The Morgan fingerprint density at radius 3 is 2.35 bits per heavy atom. The van der Waals surface area contributed by atoms with E-state index in [1.165, 1.54) is 0 Å². The van der Waals surface area contributed by atoms with E-state index in [1.54, 1.807) is 4.68 Å². The normalized spacial score (nSPS) is 16.6. The lowest BCUT2D eigenvalue weighted by molar-refractivity contribution is 0.0963. The molecule has 1 unspecified atom stereocenters. The van der Waals surface area contributed by atoms with Crippen LogP contribution in [0.3, 0.4) is 0 Å². The quantitative estimate of drug-likeness (QED) is 0.683. The fourth-order valence-electron chi connectivity index (χ4n) is 3.70. The molecule has 1 aromatic carbocycles. The number of aryl methyl sites for hydroxylation is 3. The van der Waals surface area contributed by atoms with Crippen LogP contribution in [0.5, 0.6) is 0 Å². The van der Waals surface area contributed by atoms with Gasteiger partial charge in [0.05, 0.1) is 17.0 Å². The van der Waals surface area contributed by atoms with Gasteiger partial charge >= 0.3 is 0 Å². The van der Waals surface area contributed by atoms with Crippen molar-refractivity contribution < 1.29 is 4.79 Å². The summed E-state index contributed by atoms with van der Waals surface area (Å²) in [6, 6.07) is 9.64. The van der Waals surface area contributed by atoms with Gasteiger partial charge in [-0.1, -0.05) is 23.7 Å². The zero-order chi connectivity index (χ0) is 18.4. The minimum absolute atomic E-state index is 0.105. The van der Waals surface area contributed by atoms with Gasteiger partial charge in [-0.15, -0.1) is 0 Å². The van der Waals surface area contributed by atoms with Crippen LogP contribution >= 0.6 is 11.6 Å². The molecule has 5 nitrogen and oxygen atoms in total. The summed E-state index contributed by atoms with van der Waals surface area (Å²) >= 11 is 6.00. The van der Waals surface area contributed by atoms with E-state index in [0.29, 0.717) is 17.4 Å². The molecule has 0 spiro atoms. The van der Waals surface area contributed by atoms with Crippen molar-refractivity contribution in [3.63, 3.8) is 0 Å². The summed E-state index contributed by atoms with van der Waals surface area (Å²) in [5.74, 6) is 0.753. The van der Waals surface area contributed by atoms with Crippen LogP contribution in [-0.4, -0.2) is 25.5 Å². The fraction of sp³-hybridized carbons (Fsp3) is 0.300. The summed E-state index contributed by atoms with van der Waals surface area (Å²) < 4.78 is 1.74. The van der Waals surface area contributed by atoms with E-state index in [1.807, 2.05) is 51.1 Å². The highest BCUT2D eigenvalue weighted by Gasteiger charge is 2.32. The summed E-state index contributed by atoms with van der Waals surface area (Å²) in [7, 11) is 0. The number of halogens is 1. The maximum absolute atomic E-state index is 12.8. The molecule has 0 saturated heterocycles. The number of hydrogen-bond donors (Lipinski definition) is 0. The predicted molar refractivity (Wildman–Crippen MR) is 100 cm³/mol. The number of nitrogens with zero attached hydrogens (tertiary/aromatic N) is 4. The number of ketones is 1. The number of Topliss-reactive ketones (excluding diaryl/α,β-unsaturated/α-hetero) is 1. The number of carbonyl (C=O) groups is 1. The lowest BCUT2D eigenvalue weighted by Gasteiger charge is -2.23. The number of carbonyl (C=O) groups excluding carboxylic acids is 1. The first kappa shape index (κ1) is 16.9. The van der Waals surface area contributed by atoms with Gasteiger partial charge in [-0.05, 0) is 56.9 Å². The van der Waals surface area contributed by atoms with Gasteiger partial charge in [0.1, 0.15) is 0 Å². The zero-order valence-electron chi connectivity index (χ0n) is 15.0. The molecule has 0 radical (unpaired) electrons. The van der Waals surface area contributed by atoms with Crippen molar-refractivity contribution in [1.82, 2.24) is 19.7 Å². The van der Waals surface area contributed by atoms with Crippen LogP contribution in [0, 0.1) is 20.8 Å². The van der Waals surface area contributed by atoms with Crippen molar-refractivity contribution >= 4 is 17.4 Å². The van der Waals surface area contributed by atoms with Crippen LogP contribution < -0.4 is 0 Å². The molecule has 0 amide bonds. The van der Waals surface area contributed by atoms with Crippen molar-refractivity contribution in [2.45, 2.75) is 39.5 Å². The van der Waals surface area contributed by atoms with Gasteiger partial charge in [-0.25, -0.2) is 14.6 Å². The molecule has 26 heavy (non-hydrogen) atoms. The van der Waals surface area contributed by atoms with Crippen LogP contribution in [0.2, 0.25) is 5.02 Å². The second kappa shape index (κ2) is 6.32. The molecule has 0 saturated carbocycles. The molecular formula is C20H19ClN4O. The van der Waals surface area contributed by atoms with E-state index in [9.17, 15) is 4.79 Å². The first-order chi connectivity index (χ1) is 12.4. The molecule has 2 aromatic heterocycles. The van der Waals surface area contributed by atoms with Crippen LogP contribution in [0.25, 0.3) is 5.95 Å². The third-order valence-corrected chi connectivity index (χ3v) is 5.06. The second-order valence-electron chi connectivity index (χ2n) is 6.85. The van der Waals surface area contributed by atoms with Crippen LogP contribution in [0.4, 0.5) is 0 Å². The summed E-state index contributed by atoms with van der Waals surface area (Å²) in [6.07, 6.45) is 1.20. The van der Waals surface area contributed by atoms with Crippen molar-refractivity contribution in [1.29, 1.82) is 0 Å². The Morgan fingerprint density at radius 2 is 1.69 bits per heavy atom. The molecule has 1 aliphatic rings. The Kier molecular flexibility index (Phi) is 4.11. The van der Waals surface area contributed by atoms with Gasteiger partial charge in [0.2, 0.25) is 0 Å². The van der Waals surface area contributed by atoms with Crippen LogP contribution in [0.15, 0.2) is 30.3 Å². The van der Waals surface area contributed by atoms with Crippen LogP contribution in [0.1, 0.15) is 51.0 Å². The topological polar surface area (TPSA) is 60.7 Å². The molecule has 4 rings (SSSR count). The third-order valence-electron chi connectivity index (χ3n) is 4.81. The molecule has 0 fully saturated rings. The molecule has 1 atom stereocenters. The number of hydrogen-bond acceptors (Lipinski definition) is 4. The molecule has 0 N–H and O–H groups in total. The number of benzene rings is 1. The highest BCUT2D eigenvalue weighted by Crippen LogP contribution is 2.35. The van der Waals surface area contributed by atoms with Gasteiger partial charge in [0.25, 0.3) is 5.95 Å². The Morgan fingerprint density at radius 1 is 1.04 bits per heavy atom. The van der Waals surface area contributed by atoms with Crippen molar-refractivity contribution in [3.8, 4) is 5.95 Å². The molecule has 6 heteroatoms. The first-order valence-corrected chi connectivity index (χ1v) is 9.00. The van der Waals surface area contributed by atoms with Gasteiger partial charge in [-0.3, -0.25) is 4.79 Å². The Bertz CT molecular complexity index is 987. The van der Waals surface area contributed by atoms with Gasteiger partial charge in [0.15, 0.2) is 5.78 Å². The standard InChI is InChI=1S/C20H19ClN4O/c1-11-8-12(2)23-20(22-11)25-17-9-15(14-4-6-16(21)7-5-14)10-18(26)19(17)13(3)24-25/h4-8,15H,9-10H2,1-3H3. The molecule has 0 bridgehead atoms. The molecule has 0 aliphatic heterocycles. The van der Waals surface area contributed by atoms with E-state index in [-0.39, 0.29) is 11.7 Å². The van der Waals surface area contributed by atoms with E-state index in [4.69, 9.17) is 11.6 Å². The van der Waals surface area contributed by atoms with Gasteiger partial charge in [-0.2, -0.15) is 5.10 Å². The number of fused-ring (bicyclic) bond motifs is 1. The highest BCUT2D eigenvalue weighted by molar-refractivity contribution is 6.30. The van der Waals surface area contributed by atoms with Crippen LogP contribution in [-0.2, 0) is 6.42 Å². The first-order valence-electron chi connectivity index (χ1n) is 8.62. The average Bonchev–Trinajstić information content (AvgIpc) is 2.92. The van der Waals surface area contributed by atoms with E-state index >= 15 is 0 Å². The number of rotatable bonds is 2. The monoisotopic (exact) mass is 366 g/mol. The zero-order valence-corrected chi connectivity index (χ0v) is 15.7. The van der Waals surface area contributed by atoms with E-state index in [2.05, 4.69) is 15.1 Å². The predicted octanol–water partition coefficient (Wildman–Crippen LogP) is 4.15. The van der Waals surface area contributed by atoms with Crippen molar-refractivity contribution in [2.24, 2.45) is 0 Å². The lowest BCUT2D eigenvalue weighted by Crippen LogP contribution is -2.21. The SMILES string of the molecule is Cc1cc(C)nc(-n2nc(C)c3c2CC(c2ccc(Cl)cc2)CC3=O)n1. The molecule has 3 aromatic rings. The van der Waals surface area contributed by atoms with E-state index in [0.717, 1.165) is 40.3 Å². The minimum Gasteiger partial charge on any atom is -0.294 e. The molecular weight excluding hydrogens is 348 g/mol. The Balaban J connectivity index is 1.81. The summed E-state index contributed by atoms with van der Waals surface area (Å²) in [6.45, 7) is 5.74. The Hall–Kier alpha value is -2.53. The van der Waals surface area contributed by atoms with E-state index < -0.39 is 0 Å². The maximum atomic E-state index is 12.8. The second-order valence-corrected chi connectivity index (χ2v) is 7.29. The fourth-order valence-corrected chi connectivity index (χ4v) is 3.82. The molecule has 132 valence electrons. The minimum atomic E-state index is 0.105. The Labute approximate surface area is 157 Å². The summed E-state index contributed by atoms with van der Waals surface area (Å²) in [4.78, 5) is 21.9. The van der Waals surface area contributed by atoms with Gasteiger partial charge in [0, 0.05) is 22.8 Å². The average molecular weight is 367 g/mol. The maximum Gasteiger partial charge on any atom is 0.251 e. The third kappa shape index (κ3) is 2.92.